The predicted octanol–water partition coefficient (Wildman–Crippen LogP) is 2.67. The fourth-order valence-corrected chi connectivity index (χ4v) is 3.41. The molecule has 1 aliphatic heterocycles. The number of carbonyl (C=O) groups is 1. The second kappa shape index (κ2) is 7.23. The molecule has 2 rings (SSSR count). The van der Waals surface area contributed by atoms with Crippen molar-refractivity contribution in [2.75, 3.05) is 33.4 Å². The highest BCUT2D eigenvalue weighted by atomic mass is 16.5. The van der Waals surface area contributed by atoms with Gasteiger partial charge < -0.3 is 9.30 Å². The van der Waals surface area contributed by atoms with Gasteiger partial charge in [-0.05, 0) is 58.7 Å². The van der Waals surface area contributed by atoms with Crippen molar-refractivity contribution < 1.29 is 9.53 Å². The van der Waals surface area contributed by atoms with Crippen molar-refractivity contribution in [3.63, 3.8) is 0 Å². The smallest absolute Gasteiger partial charge is 0.178 e. The van der Waals surface area contributed by atoms with Crippen molar-refractivity contribution in [2.24, 2.45) is 5.92 Å². The van der Waals surface area contributed by atoms with Crippen molar-refractivity contribution in [1.82, 2.24) is 9.47 Å². The van der Waals surface area contributed by atoms with E-state index >= 15 is 0 Å². The molecule has 0 aromatic carbocycles. The summed E-state index contributed by atoms with van der Waals surface area (Å²) >= 11 is 0. The quantitative estimate of drug-likeness (QED) is 0.756. The summed E-state index contributed by atoms with van der Waals surface area (Å²) in [5, 5.41) is 0. The number of carbonyl (C=O) groups excluding carboxylic acids is 1. The summed E-state index contributed by atoms with van der Waals surface area (Å²) in [6, 6.07) is 2.04. The van der Waals surface area contributed by atoms with E-state index in [9.17, 15) is 4.79 Å². The number of ketones is 1. The Kier molecular flexibility index (Phi) is 5.59. The van der Waals surface area contributed by atoms with Crippen LogP contribution >= 0.6 is 0 Å². The first-order valence-corrected chi connectivity index (χ1v) is 7.98. The van der Waals surface area contributed by atoms with Gasteiger partial charge in [0.15, 0.2) is 5.78 Å². The monoisotopic (exact) mass is 292 g/mol. The average Bonchev–Trinajstić information content (AvgIpc) is 2.76. The van der Waals surface area contributed by atoms with Crippen molar-refractivity contribution in [3.05, 3.63) is 23.0 Å². The number of hydrogen-bond donors (Lipinski definition) is 0. The van der Waals surface area contributed by atoms with Gasteiger partial charge >= 0.3 is 0 Å². The second-order valence-electron chi connectivity index (χ2n) is 6.13. The maximum atomic E-state index is 12.5. The molecule has 0 atom stereocenters. The molecule has 0 amide bonds. The molecule has 0 bridgehead atoms. The van der Waals surface area contributed by atoms with E-state index in [0.717, 1.165) is 50.3 Å². The van der Waals surface area contributed by atoms with Crippen LogP contribution in [0.4, 0.5) is 0 Å². The number of aryl methyl sites for hydroxylation is 1. The standard InChI is InChI=1S/C17H28N2O2/c1-5-19-13(2)10-16(14(19)3)17(20)11-18-8-6-15(7-9-18)12-21-4/h10,15H,5-9,11-12H2,1-4H3. The van der Waals surface area contributed by atoms with E-state index < -0.39 is 0 Å². The normalized spacial score (nSPS) is 17.3. The molecule has 118 valence electrons. The van der Waals surface area contributed by atoms with Gasteiger partial charge in [-0.3, -0.25) is 9.69 Å². The number of rotatable bonds is 6. The lowest BCUT2D eigenvalue weighted by Gasteiger charge is -2.31. The van der Waals surface area contributed by atoms with Gasteiger partial charge in [0, 0.05) is 37.2 Å². The van der Waals surface area contributed by atoms with Crippen LogP contribution < -0.4 is 0 Å². The van der Waals surface area contributed by atoms with E-state index in [1.807, 2.05) is 6.07 Å². The summed E-state index contributed by atoms with van der Waals surface area (Å²) < 4.78 is 7.43. The van der Waals surface area contributed by atoms with E-state index in [2.05, 4.69) is 30.2 Å². The fraction of sp³-hybridized carbons (Fsp3) is 0.706. The van der Waals surface area contributed by atoms with Gasteiger partial charge in [0.25, 0.3) is 0 Å². The maximum absolute atomic E-state index is 12.5. The van der Waals surface area contributed by atoms with Crippen molar-refractivity contribution in [2.45, 2.75) is 40.2 Å². The van der Waals surface area contributed by atoms with Crippen LogP contribution in [0, 0.1) is 19.8 Å². The summed E-state index contributed by atoms with van der Waals surface area (Å²) in [7, 11) is 1.76. The summed E-state index contributed by atoms with van der Waals surface area (Å²) in [4.78, 5) is 14.8. The zero-order chi connectivity index (χ0) is 15.4. The van der Waals surface area contributed by atoms with Gasteiger partial charge in [0.05, 0.1) is 6.54 Å². The second-order valence-corrected chi connectivity index (χ2v) is 6.13. The summed E-state index contributed by atoms with van der Waals surface area (Å²) in [6.45, 7) is 10.6. The van der Waals surface area contributed by atoms with Gasteiger partial charge in [-0.15, -0.1) is 0 Å². The first-order valence-electron chi connectivity index (χ1n) is 7.98. The summed E-state index contributed by atoms with van der Waals surface area (Å²) in [5.41, 5.74) is 3.18. The van der Waals surface area contributed by atoms with E-state index in [-0.39, 0.29) is 5.78 Å². The number of likely N-dealkylation sites (tertiary alicyclic amines) is 1. The minimum atomic E-state index is 0.257. The average molecular weight is 292 g/mol. The van der Waals surface area contributed by atoms with E-state index in [1.54, 1.807) is 7.11 Å². The molecule has 1 aromatic heterocycles. The zero-order valence-corrected chi connectivity index (χ0v) is 13.8. The highest BCUT2D eigenvalue weighted by Gasteiger charge is 2.22. The number of hydrogen-bond acceptors (Lipinski definition) is 3. The van der Waals surface area contributed by atoms with Gasteiger partial charge in [0.2, 0.25) is 0 Å². The molecule has 1 fully saturated rings. The molecule has 1 aliphatic rings. The number of piperidine rings is 1. The first kappa shape index (κ1) is 16.2. The Morgan fingerprint density at radius 2 is 2.00 bits per heavy atom. The maximum Gasteiger partial charge on any atom is 0.178 e. The number of ether oxygens (including phenoxy) is 1. The highest BCUT2D eigenvalue weighted by Crippen LogP contribution is 2.19. The van der Waals surface area contributed by atoms with Crippen LogP contribution in [0.5, 0.6) is 0 Å². The van der Waals surface area contributed by atoms with Crippen LogP contribution in [0.3, 0.4) is 0 Å². The number of aromatic nitrogens is 1. The third kappa shape index (κ3) is 3.74. The minimum absolute atomic E-state index is 0.257. The van der Waals surface area contributed by atoms with Crippen LogP contribution in [0.25, 0.3) is 0 Å². The fourth-order valence-electron chi connectivity index (χ4n) is 3.41. The summed E-state index contributed by atoms with van der Waals surface area (Å²) in [6.07, 6.45) is 2.27. The molecule has 2 heterocycles. The van der Waals surface area contributed by atoms with Crippen LogP contribution in [0.15, 0.2) is 6.07 Å². The van der Waals surface area contributed by atoms with Gasteiger partial charge in [-0.1, -0.05) is 0 Å². The Labute approximate surface area is 128 Å². The summed E-state index contributed by atoms with van der Waals surface area (Å²) in [5.74, 6) is 0.916. The topological polar surface area (TPSA) is 34.5 Å². The van der Waals surface area contributed by atoms with Crippen molar-refractivity contribution >= 4 is 5.78 Å². The Hall–Kier alpha value is -1.13. The lowest BCUT2D eigenvalue weighted by Crippen LogP contribution is -2.38. The van der Waals surface area contributed by atoms with E-state index in [0.29, 0.717) is 12.5 Å². The molecule has 0 spiro atoms. The van der Waals surface area contributed by atoms with Crippen LogP contribution in [0.1, 0.15) is 41.5 Å². The third-order valence-electron chi connectivity index (χ3n) is 4.67. The van der Waals surface area contributed by atoms with Gasteiger partial charge in [0.1, 0.15) is 0 Å². The molecule has 4 heteroatoms. The third-order valence-corrected chi connectivity index (χ3v) is 4.67. The number of Topliss-reactive ketones (excluding diaryl/α,β-unsaturated/α-hetero) is 1. The zero-order valence-electron chi connectivity index (χ0n) is 13.8. The molecule has 0 unspecified atom stereocenters. The van der Waals surface area contributed by atoms with Crippen LogP contribution in [0.2, 0.25) is 0 Å². The van der Waals surface area contributed by atoms with E-state index in [4.69, 9.17) is 4.74 Å². The number of methoxy groups -OCH3 is 1. The number of nitrogens with zero attached hydrogens (tertiary/aromatic N) is 2. The van der Waals surface area contributed by atoms with Gasteiger partial charge in [-0.25, -0.2) is 0 Å². The molecule has 4 nitrogen and oxygen atoms in total. The predicted molar refractivity (Wildman–Crippen MR) is 85.0 cm³/mol. The van der Waals surface area contributed by atoms with Crippen LogP contribution in [-0.2, 0) is 11.3 Å². The lowest BCUT2D eigenvalue weighted by atomic mass is 9.97. The van der Waals surface area contributed by atoms with Crippen molar-refractivity contribution in [3.8, 4) is 0 Å². The molecular weight excluding hydrogens is 264 g/mol. The van der Waals surface area contributed by atoms with Crippen molar-refractivity contribution in [1.29, 1.82) is 0 Å². The molecule has 0 radical (unpaired) electrons. The lowest BCUT2D eigenvalue weighted by molar-refractivity contribution is 0.0809. The Morgan fingerprint density at radius 3 is 2.52 bits per heavy atom. The van der Waals surface area contributed by atoms with E-state index in [1.165, 1.54) is 5.69 Å². The Morgan fingerprint density at radius 1 is 1.33 bits per heavy atom. The SMILES string of the molecule is CCn1c(C)cc(C(=O)CN2CCC(COC)CC2)c1C. The Bertz CT molecular complexity index is 485. The first-order chi connectivity index (χ1) is 10.1. The van der Waals surface area contributed by atoms with Gasteiger partial charge in [-0.2, -0.15) is 0 Å². The minimum Gasteiger partial charge on any atom is -0.384 e. The Balaban J connectivity index is 1.94. The molecular formula is C17H28N2O2. The molecule has 0 aliphatic carbocycles. The molecule has 0 N–H and O–H groups in total. The molecule has 1 saturated heterocycles. The largest absolute Gasteiger partial charge is 0.384 e. The highest BCUT2D eigenvalue weighted by molar-refractivity contribution is 5.99. The van der Waals surface area contributed by atoms with Crippen LogP contribution in [-0.4, -0.2) is 48.6 Å². The molecule has 21 heavy (non-hydrogen) atoms. The molecule has 0 saturated carbocycles. The molecule has 1 aromatic rings.